The van der Waals surface area contributed by atoms with Crippen LogP contribution in [-0.2, 0) is 0 Å². The van der Waals surface area contributed by atoms with Gasteiger partial charge in [-0.05, 0) is 58.2 Å². The maximum absolute atomic E-state index is 15.1. The Morgan fingerprint density at radius 2 is 1.83 bits per heavy atom. The highest BCUT2D eigenvalue weighted by atomic mass is 79.9. The average Bonchev–Trinajstić information content (AvgIpc) is 3.08. The van der Waals surface area contributed by atoms with E-state index in [0.717, 1.165) is 8.96 Å². The summed E-state index contributed by atoms with van der Waals surface area (Å²) in [6, 6.07) is 7.91. The lowest BCUT2D eigenvalue weighted by Crippen LogP contribution is -2.50. The molecule has 3 heterocycles. The number of allylic oxidation sites excluding steroid dienone is 2. The van der Waals surface area contributed by atoms with E-state index in [1.807, 2.05) is 0 Å². The zero-order chi connectivity index (χ0) is 17.2. The van der Waals surface area contributed by atoms with Gasteiger partial charge in [-0.2, -0.15) is 0 Å². The third-order valence-corrected chi connectivity index (χ3v) is 5.61. The van der Waals surface area contributed by atoms with E-state index in [1.54, 1.807) is 43.3 Å². The van der Waals surface area contributed by atoms with Gasteiger partial charge >= 0.3 is 6.97 Å². The highest BCUT2D eigenvalue weighted by molar-refractivity contribution is 9.18. The molecule has 0 fully saturated rings. The Hall–Kier alpha value is -1.54. The molecule has 122 valence electrons. The van der Waals surface area contributed by atoms with Crippen molar-refractivity contribution in [1.82, 2.24) is 4.48 Å². The minimum atomic E-state index is -4.04. The van der Waals surface area contributed by atoms with Crippen molar-refractivity contribution in [3.63, 3.8) is 0 Å². The number of benzene rings is 1. The molecular weight excluding hydrogens is 448 g/mol. The Balaban J connectivity index is 2.10. The number of rotatable bonds is 1. The number of hydrogen-bond acceptors (Lipinski definition) is 0. The summed E-state index contributed by atoms with van der Waals surface area (Å²) in [5, 5.41) is 0. The summed E-state index contributed by atoms with van der Waals surface area (Å²) in [4.78, 5) is 0. The lowest BCUT2D eigenvalue weighted by Gasteiger charge is -2.32. The quantitative estimate of drug-likeness (QED) is 0.528. The number of hydrogen-bond donors (Lipinski definition) is 0. The van der Waals surface area contributed by atoms with Crippen molar-refractivity contribution in [3.8, 4) is 0 Å². The summed E-state index contributed by atoms with van der Waals surface area (Å²) in [6.45, 7) is -2.38. The summed E-state index contributed by atoms with van der Waals surface area (Å²) < 4.78 is 46.3. The maximum Gasteiger partial charge on any atom is 0.738 e. The first-order chi connectivity index (χ1) is 11.3. The molecule has 2 aliphatic heterocycles. The molecule has 1 aromatic heterocycles. The Morgan fingerprint density at radius 3 is 2.54 bits per heavy atom. The van der Waals surface area contributed by atoms with Crippen LogP contribution in [0.5, 0.6) is 0 Å². The molecule has 2 aromatic rings. The number of aromatic nitrogens is 1. The molecule has 0 bridgehead atoms. The fourth-order valence-corrected chi connectivity index (χ4v) is 4.37. The lowest BCUT2D eigenvalue weighted by molar-refractivity contribution is -0.358. The molecule has 0 unspecified atom stereocenters. The van der Waals surface area contributed by atoms with Crippen molar-refractivity contribution < 1.29 is 17.5 Å². The van der Waals surface area contributed by atoms with Crippen molar-refractivity contribution in [3.05, 3.63) is 75.4 Å². The highest BCUT2D eigenvalue weighted by Crippen LogP contribution is 2.42. The van der Waals surface area contributed by atoms with Gasteiger partial charge in [0.25, 0.3) is 0 Å². The standard InChI is InChI=1S/C16H10BBr2F3N2/c1-9-8-10(2-3-11(9)20)16-12-4-6-14(18)23(12)17(21,22)24-13(16)5-7-15(24)19/h2-8H,1H3. The van der Waals surface area contributed by atoms with Crippen LogP contribution in [0.2, 0.25) is 0 Å². The SMILES string of the molecule is Cc1cc(C2=C3C=CC(Br)=[N+]3[B-](F)(F)n3c(Br)ccc32)ccc1F. The number of nitrogens with zero attached hydrogens (tertiary/aromatic N) is 2. The third-order valence-electron chi connectivity index (χ3n) is 4.32. The van der Waals surface area contributed by atoms with Crippen molar-refractivity contribution in [2.45, 2.75) is 6.92 Å². The van der Waals surface area contributed by atoms with Gasteiger partial charge in [-0.1, -0.05) is 6.07 Å². The number of halogens is 5. The van der Waals surface area contributed by atoms with E-state index in [-0.39, 0.29) is 5.82 Å². The van der Waals surface area contributed by atoms with Crippen molar-refractivity contribution in [2.24, 2.45) is 0 Å². The molecular formula is C16H10BBr2F3N2. The van der Waals surface area contributed by atoms with Gasteiger partial charge in [0.1, 0.15) is 5.82 Å². The minimum Gasteiger partial charge on any atom is -0.389 e. The van der Waals surface area contributed by atoms with Gasteiger partial charge < -0.3 is 17.6 Å². The van der Waals surface area contributed by atoms with Crippen molar-refractivity contribution in [1.29, 1.82) is 0 Å². The molecule has 24 heavy (non-hydrogen) atoms. The molecule has 0 saturated carbocycles. The van der Waals surface area contributed by atoms with Crippen LogP contribution in [0, 0.1) is 12.7 Å². The Kier molecular flexibility index (Phi) is 3.48. The highest BCUT2D eigenvalue weighted by Gasteiger charge is 2.54. The minimum absolute atomic E-state index is 0.296. The second-order valence-electron chi connectivity index (χ2n) is 5.75. The molecule has 0 amide bonds. The van der Waals surface area contributed by atoms with Gasteiger partial charge in [0.05, 0.1) is 10.2 Å². The van der Waals surface area contributed by atoms with Crippen LogP contribution in [-0.4, -0.2) is 20.6 Å². The third kappa shape index (κ3) is 2.05. The Labute approximate surface area is 153 Å². The first-order valence-electron chi connectivity index (χ1n) is 7.22. The summed E-state index contributed by atoms with van der Waals surface area (Å²) in [5.74, 6) is -0.321. The molecule has 0 atom stereocenters. The Morgan fingerprint density at radius 1 is 1.08 bits per heavy atom. The molecule has 8 heteroatoms. The van der Waals surface area contributed by atoms with Gasteiger partial charge in [-0.25, -0.2) is 4.39 Å². The van der Waals surface area contributed by atoms with Gasteiger partial charge in [0.15, 0.2) is 5.70 Å². The first kappa shape index (κ1) is 16.0. The van der Waals surface area contributed by atoms with Gasteiger partial charge in [-0.15, -0.1) is 0 Å². The summed E-state index contributed by atoms with van der Waals surface area (Å²) in [6.07, 6.45) is 3.25. The van der Waals surface area contributed by atoms with Crippen LogP contribution in [0.15, 0.2) is 52.8 Å². The average molecular weight is 458 g/mol. The van der Waals surface area contributed by atoms with E-state index in [1.165, 1.54) is 6.07 Å². The smallest absolute Gasteiger partial charge is 0.389 e. The fourth-order valence-electron chi connectivity index (χ4n) is 3.23. The molecule has 0 radical (unpaired) electrons. The number of fused-ring (bicyclic) bond motifs is 2. The summed E-state index contributed by atoms with van der Waals surface area (Å²) in [7, 11) is 0. The Bertz CT molecular complexity index is 989. The predicted molar refractivity (Wildman–Crippen MR) is 96.0 cm³/mol. The largest absolute Gasteiger partial charge is 0.738 e. The lowest BCUT2D eigenvalue weighted by atomic mass is 9.86. The topological polar surface area (TPSA) is 7.94 Å². The summed E-state index contributed by atoms with van der Waals surface area (Å²) >= 11 is 6.43. The van der Waals surface area contributed by atoms with Crippen molar-refractivity contribution >= 4 is 49.0 Å². The molecule has 0 saturated heterocycles. The van der Waals surface area contributed by atoms with Crippen LogP contribution in [0.4, 0.5) is 13.0 Å². The molecule has 0 N–H and O–H groups in total. The molecule has 2 aliphatic rings. The monoisotopic (exact) mass is 456 g/mol. The maximum atomic E-state index is 15.1. The number of aryl methyl sites for hydroxylation is 1. The molecule has 4 rings (SSSR count). The van der Waals surface area contributed by atoms with Crippen LogP contribution in [0.1, 0.15) is 16.8 Å². The van der Waals surface area contributed by atoms with Crippen LogP contribution in [0.25, 0.3) is 5.57 Å². The van der Waals surface area contributed by atoms with E-state index in [0.29, 0.717) is 37.3 Å². The van der Waals surface area contributed by atoms with Crippen LogP contribution in [0.3, 0.4) is 0 Å². The van der Waals surface area contributed by atoms with E-state index < -0.39 is 6.97 Å². The predicted octanol–water partition coefficient (Wildman–Crippen LogP) is 5.07. The van der Waals surface area contributed by atoms with E-state index in [2.05, 4.69) is 31.9 Å². The fraction of sp³-hybridized carbons (Fsp3) is 0.0625. The van der Waals surface area contributed by atoms with Gasteiger partial charge in [0, 0.05) is 33.8 Å². The van der Waals surface area contributed by atoms with Gasteiger partial charge in [0.2, 0.25) is 4.62 Å². The van der Waals surface area contributed by atoms with Gasteiger partial charge in [-0.3, -0.25) is 0 Å². The normalized spacial score (nSPS) is 18.2. The molecule has 0 spiro atoms. The molecule has 1 aromatic carbocycles. The van der Waals surface area contributed by atoms with Crippen LogP contribution < -0.4 is 0 Å². The zero-order valence-electron chi connectivity index (χ0n) is 12.4. The van der Waals surface area contributed by atoms with E-state index >= 15 is 8.63 Å². The molecule has 0 aliphatic carbocycles. The summed E-state index contributed by atoms with van der Waals surface area (Å²) in [5.41, 5.74) is 2.60. The second-order valence-corrected chi connectivity index (χ2v) is 7.37. The van der Waals surface area contributed by atoms with Crippen molar-refractivity contribution in [2.75, 3.05) is 0 Å². The molecule has 2 nitrogen and oxygen atoms in total. The zero-order valence-corrected chi connectivity index (χ0v) is 15.6. The van der Waals surface area contributed by atoms with E-state index in [4.69, 9.17) is 0 Å². The van der Waals surface area contributed by atoms with Crippen LogP contribution >= 0.6 is 31.9 Å². The van der Waals surface area contributed by atoms with E-state index in [9.17, 15) is 4.39 Å². The first-order valence-corrected chi connectivity index (χ1v) is 8.81. The second kappa shape index (κ2) is 5.23.